The highest BCUT2D eigenvalue weighted by molar-refractivity contribution is 6.06. The minimum atomic E-state index is -0.333. The van der Waals surface area contributed by atoms with Crippen molar-refractivity contribution in [3.63, 3.8) is 0 Å². The van der Waals surface area contributed by atoms with Crippen molar-refractivity contribution in [3.8, 4) is 0 Å². The maximum absolute atomic E-state index is 13.3. The topological polar surface area (TPSA) is 20.3 Å². The molecular weight excluding hydrogens is 313 g/mol. The Morgan fingerprint density at radius 2 is 1.48 bits per heavy atom. The minimum absolute atomic E-state index is 0.0463. The average molecular weight is 339 g/mol. The molecule has 0 saturated heterocycles. The van der Waals surface area contributed by atoms with Gasteiger partial charge in [-0.1, -0.05) is 45.9 Å². The van der Waals surface area contributed by atoms with Gasteiger partial charge in [-0.3, -0.25) is 4.79 Å². The minimum Gasteiger partial charge on any atom is -0.305 e. The summed E-state index contributed by atoms with van der Waals surface area (Å²) in [5, 5.41) is 0. The number of hydrogen-bond donors (Lipinski definition) is 0. The lowest BCUT2D eigenvalue weighted by molar-refractivity contribution is 0.0973. The maximum atomic E-state index is 13.3. The van der Waals surface area contributed by atoms with Crippen LogP contribution in [0.2, 0.25) is 0 Å². The summed E-state index contributed by atoms with van der Waals surface area (Å²) in [4.78, 5) is 15.1. The van der Waals surface area contributed by atoms with Crippen LogP contribution >= 0.6 is 0 Å². The molecule has 2 aromatic carbocycles. The second kappa shape index (κ2) is 5.98. The summed E-state index contributed by atoms with van der Waals surface area (Å²) in [6.07, 6.45) is 0. The summed E-state index contributed by atoms with van der Waals surface area (Å²) >= 11 is 0. The molecule has 2 aromatic rings. The van der Waals surface area contributed by atoms with E-state index in [1.54, 1.807) is 12.1 Å². The first kappa shape index (κ1) is 17.7. The Kier molecular flexibility index (Phi) is 4.22. The predicted octanol–water partition coefficient (Wildman–Crippen LogP) is 5.54. The van der Waals surface area contributed by atoms with Gasteiger partial charge >= 0.3 is 0 Å². The van der Waals surface area contributed by atoms with Gasteiger partial charge in [-0.15, -0.1) is 0 Å². The predicted molar refractivity (Wildman–Crippen MR) is 100 cm³/mol. The molecule has 1 aliphatic rings. The molecule has 0 heterocycles. The van der Waals surface area contributed by atoms with E-state index in [4.69, 9.17) is 0 Å². The summed E-state index contributed by atoms with van der Waals surface area (Å²) in [6, 6.07) is 15.6. The monoisotopic (exact) mass is 339 g/mol. The molecule has 1 aliphatic carbocycles. The lowest BCUT2D eigenvalue weighted by Gasteiger charge is -2.31. The Morgan fingerprint density at radius 3 is 1.96 bits per heavy atom. The van der Waals surface area contributed by atoms with Gasteiger partial charge in [0.25, 0.3) is 5.91 Å². The maximum Gasteiger partial charge on any atom is 0.258 e. The van der Waals surface area contributed by atoms with E-state index in [1.807, 2.05) is 35.2 Å². The van der Waals surface area contributed by atoms with Crippen molar-refractivity contribution >= 4 is 11.6 Å². The highest BCUT2D eigenvalue weighted by Gasteiger charge is 2.67. The smallest absolute Gasteiger partial charge is 0.258 e. The number of hydrogen-bond acceptors (Lipinski definition) is 1. The summed E-state index contributed by atoms with van der Waals surface area (Å²) < 4.78 is 13.2. The highest BCUT2D eigenvalue weighted by Crippen LogP contribution is 2.70. The summed E-state index contributed by atoms with van der Waals surface area (Å²) in [6.45, 7) is 11.2. The van der Waals surface area contributed by atoms with E-state index in [-0.39, 0.29) is 28.6 Å². The van der Waals surface area contributed by atoms with Crippen LogP contribution in [0.1, 0.15) is 45.0 Å². The molecule has 1 amide bonds. The normalized spacial score (nSPS) is 19.3. The van der Waals surface area contributed by atoms with Gasteiger partial charge in [0.15, 0.2) is 0 Å². The van der Waals surface area contributed by atoms with Crippen LogP contribution in [0, 0.1) is 22.6 Å². The van der Waals surface area contributed by atoms with E-state index in [1.165, 1.54) is 12.1 Å². The second-order valence-electron chi connectivity index (χ2n) is 8.18. The number of para-hydroxylation sites is 1. The number of carbonyl (C=O) groups excluding carboxylic acids is 1. The van der Waals surface area contributed by atoms with Crippen molar-refractivity contribution in [2.75, 3.05) is 4.90 Å². The van der Waals surface area contributed by atoms with E-state index < -0.39 is 0 Å². The van der Waals surface area contributed by atoms with Crippen LogP contribution in [0.3, 0.4) is 0 Å². The molecule has 1 fully saturated rings. The number of amides is 1. The van der Waals surface area contributed by atoms with Gasteiger partial charge in [0.05, 0.1) is 0 Å². The molecule has 0 aromatic heterocycles. The van der Waals surface area contributed by atoms with Crippen LogP contribution < -0.4 is 4.90 Å². The molecule has 0 unspecified atom stereocenters. The van der Waals surface area contributed by atoms with Crippen molar-refractivity contribution in [1.29, 1.82) is 0 Å². The zero-order valence-electron chi connectivity index (χ0n) is 15.6. The molecule has 0 N–H and O–H groups in total. The molecular formula is C22H26FNO. The number of carbonyl (C=O) groups is 1. The van der Waals surface area contributed by atoms with Gasteiger partial charge in [0.1, 0.15) is 5.82 Å². The van der Waals surface area contributed by atoms with Crippen LogP contribution in [0.25, 0.3) is 0 Å². The SMILES string of the molecule is C[C@@H](C1C(C)(C)C1(C)C)N(C(=O)c1ccc(F)cc1)c1ccccc1. The third-order valence-corrected chi connectivity index (χ3v) is 6.37. The first-order valence-corrected chi connectivity index (χ1v) is 8.82. The molecule has 1 atom stereocenters. The number of anilines is 1. The van der Waals surface area contributed by atoms with Gasteiger partial charge in [0, 0.05) is 17.3 Å². The van der Waals surface area contributed by atoms with Crippen LogP contribution in [-0.4, -0.2) is 11.9 Å². The van der Waals surface area contributed by atoms with Crippen molar-refractivity contribution in [3.05, 3.63) is 66.0 Å². The van der Waals surface area contributed by atoms with Gasteiger partial charge in [0.2, 0.25) is 0 Å². The molecule has 1 saturated carbocycles. The first-order chi connectivity index (χ1) is 11.7. The fourth-order valence-electron chi connectivity index (χ4n) is 4.46. The molecule has 2 nitrogen and oxygen atoms in total. The van der Waals surface area contributed by atoms with Gasteiger partial charge in [-0.05, 0) is 60.1 Å². The highest BCUT2D eigenvalue weighted by atomic mass is 19.1. The number of halogens is 1. The quantitative estimate of drug-likeness (QED) is 0.716. The van der Waals surface area contributed by atoms with Crippen LogP contribution in [0.15, 0.2) is 54.6 Å². The fourth-order valence-corrected chi connectivity index (χ4v) is 4.46. The molecule has 0 spiro atoms. The Balaban J connectivity index is 1.99. The third kappa shape index (κ3) is 2.86. The zero-order valence-corrected chi connectivity index (χ0v) is 15.6. The average Bonchev–Trinajstić information content (AvgIpc) is 2.98. The number of benzene rings is 2. The lowest BCUT2D eigenvalue weighted by Crippen LogP contribution is -2.41. The van der Waals surface area contributed by atoms with Crippen LogP contribution in [0.5, 0.6) is 0 Å². The largest absolute Gasteiger partial charge is 0.305 e. The summed E-state index contributed by atoms with van der Waals surface area (Å²) in [5.74, 6) is -0.0258. The Labute approximate surface area is 149 Å². The van der Waals surface area contributed by atoms with Crippen molar-refractivity contribution in [2.45, 2.75) is 40.7 Å². The second-order valence-corrected chi connectivity index (χ2v) is 8.18. The molecule has 3 rings (SSSR count). The standard InChI is InChI=1S/C22H26FNO/c1-15(19-21(2,3)22(19,4)5)24(18-9-7-6-8-10-18)20(25)16-11-13-17(23)14-12-16/h6-15,19H,1-5H3/t15-/m0/s1. The summed E-state index contributed by atoms with van der Waals surface area (Å²) in [5.41, 5.74) is 1.72. The molecule has 0 radical (unpaired) electrons. The third-order valence-electron chi connectivity index (χ3n) is 6.37. The van der Waals surface area contributed by atoms with Crippen molar-refractivity contribution < 1.29 is 9.18 Å². The molecule has 0 bridgehead atoms. The molecule has 3 heteroatoms. The van der Waals surface area contributed by atoms with E-state index in [2.05, 4.69) is 34.6 Å². The van der Waals surface area contributed by atoms with Crippen LogP contribution in [-0.2, 0) is 0 Å². The first-order valence-electron chi connectivity index (χ1n) is 8.82. The van der Waals surface area contributed by atoms with Gasteiger partial charge in [-0.2, -0.15) is 0 Å². The summed E-state index contributed by atoms with van der Waals surface area (Å²) in [7, 11) is 0. The molecule has 25 heavy (non-hydrogen) atoms. The van der Waals surface area contributed by atoms with E-state index in [0.29, 0.717) is 11.5 Å². The lowest BCUT2D eigenvalue weighted by atomic mass is 10.0. The number of nitrogens with zero attached hydrogens (tertiary/aromatic N) is 1. The molecule has 132 valence electrons. The Morgan fingerprint density at radius 1 is 0.960 bits per heavy atom. The van der Waals surface area contributed by atoms with Crippen molar-refractivity contribution in [1.82, 2.24) is 0 Å². The van der Waals surface area contributed by atoms with Gasteiger partial charge < -0.3 is 4.90 Å². The fraction of sp³-hybridized carbons (Fsp3) is 0.409. The van der Waals surface area contributed by atoms with Crippen molar-refractivity contribution in [2.24, 2.45) is 16.7 Å². The van der Waals surface area contributed by atoms with Crippen LogP contribution in [0.4, 0.5) is 10.1 Å². The van der Waals surface area contributed by atoms with E-state index in [9.17, 15) is 9.18 Å². The Bertz CT molecular complexity index is 750. The van der Waals surface area contributed by atoms with E-state index in [0.717, 1.165) is 5.69 Å². The van der Waals surface area contributed by atoms with E-state index >= 15 is 0 Å². The molecule has 0 aliphatic heterocycles. The number of rotatable bonds is 4. The van der Waals surface area contributed by atoms with Gasteiger partial charge in [-0.25, -0.2) is 4.39 Å². The zero-order chi connectivity index (χ0) is 18.4. The Hall–Kier alpha value is -2.16.